The minimum absolute atomic E-state index is 0.0687. The highest BCUT2D eigenvalue weighted by atomic mass is 32.2. The Morgan fingerprint density at radius 1 is 1.14 bits per heavy atom. The van der Waals surface area contributed by atoms with Gasteiger partial charge in [0, 0.05) is 23.0 Å². The van der Waals surface area contributed by atoms with Crippen molar-refractivity contribution in [2.45, 2.75) is 31.3 Å². The molecular weight excluding hydrogens is 300 g/mol. The van der Waals surface area contributed by atoms with Crippen molar-refractivity contribution in [1.29, 1.82) is 0 Å². The highest BCUT2D eigenvalue weighted by Crippen LogP contribution is 2.33. The van der Waals surface area contributed by atoms with Gasteiger partial charge in [0.15, 0.2) is 9.84 Å². The van der Waals surface area contributed by atoms with Crippen LogP contribution in [0.3, 0.4) is 0 Å². The molecule has 1 N–H and O–H groups in total. The molecule has 1 atom stereocenters. The van der Waals surface area contributed by atoms with E-state index in [0.717, 1.165) is 23.7 Å². The summed E-state index contributed by atoms with van der Waals surface area (Å²) in [5.41, 5.74) is 1.48. The average molecular weight is 318 g/mol. The Labute approximate surface area is 129 Å². The minimum Gasteiger partial charge on any atom is -0.351 e. The number of hydrogen-bond donors (Lipinski definition) is 1. The van der Waals surface area contributed by atoms with E-state index in [4.69, 9.17) is 0 Å². The number of carbonyl (C=O) groups is 1. The lowest BCUT2D eigenvalue weighted by atomic mass is 10.2. The number of nitrogens with zero attached hydrogens (tertiary/aromatic N) is 1. The third-order valence-corrected chi connectivity index (χ3v) is 6.29. The second-order valence-electron chi connectivity index (χ2n) is 6.27. The Balaban J connectivity index is 1.66. The van der Waals surface area contributed by atoms with Crippen molar-refractivity contribution in [3.8, 4) is 0 Å². The summed E-state index contributed by atoms with van der Waals surface area (Å²) >= 11 is 0. The van der Waals surface area contributed by atoms with Gasteiger partial charge in [0.2, 0.25) is 0 Å². The summed E-state index contributed by atoms with van der Waals surface area (Å²) in [7, 11) is -2.99. The summed E-state index contributed by atoms with van der Waals surface area (Å²) in [6.07, 6.45) is 2.51. The van der Waals surface area contributed by atoms with Gasteiger partial charge in [-0.25, -0.2) is 8.42 Å². The Morgan fingerprint density at radius 2 is 1.91 bits per heavy atom. The molecule has 1 unspecified atom stereocenters. The second-order valence-corrected chi connectivity index (χ2v) is 8.50. The monoisotopic (exact) mass is 318 g/mol. The number of sulfone groups is 1. The van der Waals surface area contributed by atoms with Crippen molar-refractivity contribution in [3.63, 3.8) is 0 Å². The molecule has 1 saturated carbocycles. The normalized spacial score (nSPS) is 23.7. The zero-order valence-electron chi connectivity index (χ0n) is 12.2. The Hall–Kier alpha value is -1.82. The van der Waals surface area contributed by atoms with E-state index in [1.165, 1.54) is 0 Å². The first kappa shape index (κ1) is 13.8. The summed E-state index contributed by atoms with van der Waals surface area (Å²) in [6.45, 7) is 0. The van der Waals surface area contributed by atoms with Crippen molar-refractivity contribution in [2.75, 3.05) is 11.5 Å². The van der Waals surface area contributed by atoms with Crippen LogP contribution in [0, 0.1) is 0 Å². The van der Waals surface area contributed by atoms with Crippen LogP contribution in [0.1, 0.15) is 29.8 Å². The van der Waals surface area contributed by atoms with Gasteiger partial charge in [-0.2, -0.15) is 0 Å². The van der Waals surface area contributed by atoms with Gasteiger partial charge < -0.3 is 9.88 Å². The molecule has 1 aliphatic heterocycles. The molecule has 0 spiro atoms. The number of carbonyl (C=O) groups excluding carboxylic acids is 1. The Bertz CT molecular complexity index is 803. The number of hydrogen-bond acceptors (Lipinski definition) is 3. The zero-order chi connectivity index (χ0) is 15.3. The summed E-state index contributed by atoms with van der Waals surface area (Å²) in [4.78, 5) is 17.9. The van der Waals surface area contributed by atoms with Crippen LogP contribution < -0.4 is 0 Å². The van der Waals surface area contributed by atoms with Crippen molar-refractivity contribution < 1.29 is 13.2 Å². The minimum atomic E-state index is -2.99. The molecule has 1 saturated heterocycles. The second kappa shape index (κ2) is 4.84. The molecule has 0 radical (unpaired) electrons. The molecule has 6 heteroatoms. The fourth-order valence-electron chi connectivity index (χ4n) is 3.30. The molecule has 1 aromatic carbocycles. The van der Waals surface area contributed by atoms with Gasteiger partial charge in [0.05, 0.1) is 11.5 Å². The van der Waals surface area contributed by atoms with Crippen LogP contribution in [-0.4, -0.2) is 47.8 Å². The predicted octanol–water partition coefficient (Wildman–Crippen LogP) is 1.96. The third-order valence-electron chi connectivity index (χ3n) is 4.54. The molecule has 1 aliphatic carbocycles. The number of para-hydroxylation sites is 1. The fraction of sp³-hybridized carbons (Fsp3) is 0.438. The van der Waals surface area contributed by atoms with Crippen LogP contribution in [0.5, 0.6) is 0 Å². The molecule has 2 heterocycles. The predicted molar refractivity (Wildman–Crippen MR) is 84.5 cm³/mol. The molecule has 4 rings (SSSR count). The summed E-state index contributed by atoms with van der Waals surface area (Å²) in [6, 6.07) is 9.66. The SMILES string of the molecule is O=C(c1cc2ccccc2[nH]1)N(C1CC1)C1CCS(=O)(=O)C1. The van der Waals surface area contributed by atoms with Gasteiger partial charge in [-0.15, -0.1) is 0 Å². The first-order valence-electron chi connectivity index (χ1n) is 7.64. The molecule has 1 amide bonds. The number of nitrogens with one attached hydrogen (secondary N) is 1. The lowest BCUT2D eigenvalue weighted by molar-refractivity contribution is 0.0675. The van der Waals surface area contributed by atoms with Crippen LogP contribution in [0.2, 0.25) is 0 Å². The van der Waals surface area contributed by atoms with Gasteiger partial charge in [-0.1, -0.05) is 18.2 Å². The highest BCUT2D eigenvalue weighted by Gasteiger charge is 2.42. The van der Waals surface area contributed by atoms with Gasteiger partial charge >= 0.3 is 0 Å². The van der Waals surface area contributed by atoms with Crippen molar-refractivity contribution in [2.24, 2.45) is 0 Å². The van der Waals surface area contributed by atoms with E-state index in [2.05, 4.69) is 4.98 Å². The van der Waals surface area contributed by atoms with E-state index < -0.39 is 9.84 Å². The topological polar surface area (TPSA) is 70.2 Å². The quantitative estimate of drug-likeness (QED) is 0.940. The lowest BCUT2D eigenvalue weighted by Crippen LogP contribution is -2.42. The van der Waals surface area contributed by atoms with E-state index in [9.17, 15) is 13.2 Å². The number of H-pyrrole nitrogens is 1. The van der Waals surface area contributed by atoms with Crippen molar-refractivity contribution in [3.05, 3.63) is 36.0 Å². The van der Waals surface area contributed by atoms with E-state index in [0.29, 0.717) is 12.1 Å². The molecule has 22 heavy (non-hydrogen) atoms. The van der Waals surface area contributed by atoms with Gasteiger partial charge in [0.25, 0.3) is 5.91 Å². The van der Waals surface area contributed by atoms with Gasteiger partial charge in [-0.05, 0) is 31.4 Å². The maximum absolute atomic E-state index is 12.9. The number of fused-ring (bicyclic) bond motifs is 1. The summed E-state index contributed by atoms with van der Waals surface area (Å²) in [5.74, 6) is 0.233. The molecule has 0 bridgehead atoms. The molecule has 5 nitrogen and oxygen atoms in total. The first-order valence-corrected chi connectivity index (χ1v) is 9.46. The number of amides is 1. The smallest absolute Gasteiger partial charge is 0.270 e. The Kier molecular flexibility index (Phi) is 3.04. The number of aromatic amines is 1. The maximum atomic E-state index is 12.9. The highest BCUT2D eigenvalue weighted by molar-refractivity contribution is 7.91. The number of benzene rings is 1. The lowest BCUT2D eigenvalue weighted by Gasteiger charge is -2.27. The molecule has 116 valence electrons. The van der Waals surface area contributed by atoms with Crippen LogP contribution in [0.15, 0.2) is 30.3 Å². The molecule has 2 fully saturated rings. The maximum Gasteiger partial charge on any atom is 0.270 e. The van der Waals surface area contributed by atoms with E-state index >= 15 is 0 Å². The van der Waals surface area contributed by atoms with Gasteiger partial charge in [0.1, 0.15) is 5.69 Å². The van der Waals surface area contributed by atoms with Crippen LogP contribution in [0.4, 0.5) is 0 Å². The fourth-order valence-corrected chi connectivity index (χ4v) is 5.02. The molecular formula is C16H18N2O3S. The van der Waals surface area contributed by atoms with Crippen LogP contribution in [-0.2, 0) is 9.84 Å². The van der Waals surface area contributed by atoms with Gasteiger partial charge in [-0.3, -0.25) is 4.79 Å². The standard InChI is InChI=1S/C16H18N2O3S/c19-16(15-9-11-3-1-2-4-14(11)17-15)18(12-5-6-12)13-7-8-22(20,21)10-13/h1-4,9,12-13,17H,5-8,10H2. The number of aromatic nitrogens is 1. The van der Waals surface area contributed by atoms with Crippen molar-refractivity contribution in [1.82, 2.24) is 9.88 Å². The largest absolute Gasteiger partial charge is 0.351 e. The van der Waals surface area contributed by atoms with Crippen LogP contribution in [0.25, 0.3) is 10.9 Å². The third kappa shape index (κ3) is 2.41. The van der Waals surface area contributed by atoms with E-state index in [-0.39, 0.29) is 29.5 Å². The molecule has 2 aliphatic rings. The molecule has 2 aromatic rings. The summed E-state index contributed by atoms with van der Waals surface area (Å²) < 4.78 is 23.5. The van der Waals surface area contributed by atoms with E-state index in [1.54, 1.807) is 0 Å². The number of rotatable bonds is 3. The van der Waals surface area contributed by atoms with Crippen molar-refractivity contribution >= 4 is 26.6 Å². The zero-order valence-corrected chi connectivity index (χ0v) is 13.0. The van der Waals surface area contributed by atoms with E-state index in [1.807, 2.05) is 35.2 Å². The molecule has 1 aromatic heterocycles. The van der Waals surface area contributed by atoms with Crippen LogP contribution >= 0.6 is 0 Å². The summed E-state index contributed by atoms with van der Waals surface area (Å²) in [5, 5.41) is 1.00. The average Bonchev–Trinajstić information content (AvgIpc) is 3.10. The Morgan fingerprint density at radius 3 is 2.55 bits per heavy atom. The first-order chi connectivity index (χ1) is 10.5.